The van der Waals surface area contributed by atoms with Crippen molar-refractivity contribution < 1.29 is 4.39 Å². The minimum Gasteiger partial charge on any atom is -0.220 e. The topological polar surface area (TPSA) is 25.8 Å². The van der Waals surface area contributed by atoms with Gasteiger partial charge in [0, 0.05) is 11.0 Å². The summed E-state index contributed by atoms with van der Waals surface area (Å²) < 4.78 is 13.0. The molecule has 0 fully saturated rings. The van der Waals surface area contributed by atoms with Crippen LogP contribution in [-0.4, -0.2) is 9.97 Å². The first kappa shape index (κ1) is 15.2. The Morgan fingerprint density at radius 1 is 1.05 bits per heavy atom. The number of rotatable bonds is 3. The molecular formula is C15H15Cl2FN2. The maximum absolute atomic E-state index is 13.0. The molecule has 2 rings (SSSR count). The van der Waals surface area contributed by atoms with Crippen molar-refractivity contribution in [2.24, 2.45) is 0 Å². The van der Waals surface area contributed by atoms with Gasteiger partial charge in [0.25, 0.3) is 0 Å². The molecule has 0 aliphatic carbocycles. The largest absolute Gasteiger partial charge is 0.220 e. The summed E-state index contributed by atoms with van der Waals surface area (Å²) in [6.45, 7) is 5.85. The number of aromatic nitrogens is 2. The molecular weight excluding hydrogens is 298 g/mol. The maximum Gasteiger partial charge on any atom is 0.141 e. The summed E-state index contributed by atoms with van der Waals surface area (Å²) in [6.07, 6.45) is 0.676. The molecule has 5 heteroatoms. The second-order valence-corrected chi connectivity index (χ2v) is 5.81. The van der Waals surface area contributed by atoms with E-state index in [0.29, 0.717) is 22.6 Å². The quantitative estimate of drug-likeness (QED) is 0.760. The van der Waals surface area contributed by atoms with Crippen molar-refractivity contribution in [1.82, 2.24) is 9.97 Å². The Bertz CT molecular complexity index is 601. The highest BCUT2D eigenvalue weighted by atomic mass is 35.5. The number of benzene rings is 1. The number of hydrogen-bond acceptors (Lipinski definition) is 2. The lowest BCUT2D eigenvalue weighted by atomic mass is 9.83. The zero-order valence-corrected chi connectivity index (χ0v) is 13.1. The first-order valence-electron chi connectivity index (χ1n) is 6.34. The van der Waals surface area contributed by atoms with Crippen LogP contribution in [-0.2, 0) is 11.8 Å². The second kappa shape index (κ2) is 5.66. The van der Waals surface area contributed by atoms with E-state index in [0.717, 1.165) is 11.1 Å². The average molecular weight is 313 g/mol. The summed E-state index contributed by atoms with van der Waals surface area (Å²) in [7, 11) is 0. The number of halogens is 3. The van der Waals surface area contributed by atoms with Crippen molar-refractivity contribution in [3.8, 4) is 0 Å². The van der Waals surface area contributed by atoms with Gasteiger partial charge >= 0.3 is 0 Å². The Kier molecular flexibility index (Phi) is 4.31. The molecule has 0 saturated carbocycles. The van der Waals surface area contributed by atoms with Crippen LogP contribution in [0.15, 0.2) is 24.3 Å². The predicted molar refractivity (Wildman–Crippen MR) is 80.0 cm³/mol. The van der Waals surface area contributed by atoms with E-state index >= 15 is 0 Å². The molecule has 2 nitrogen and oxygen atoms in total. The van der Waals surface area contributed by atoms with Crippen molar-refractivity contribution in [2.75, 3.05) is 0 Å². The van der Waals surface area contributed by atoms with Gasteiger partial charge < -0.3 is 0 Å². The van der Waals surface area contributed by atoms with E-state index in [1.54, 1.807) is 12.1 Å². The fourth-order valence-corrected chi connectivity index (χ4v) is 2.65. The zero-order chi connectivity index (χ0) is 14.9. The van der Waals surface area contributed by atoms with Gasteiger partial charge in [0.2, 0.25) is 0 Å². The second-order valence-electron chi connectivity index (χ2n) is 5.09. The van der Waals surface area contributed by atoms with Crippen LogP contribution in [0.25, 0.3) is 0 Å². The summed E-state index contributed by atoms with van der Waals surface area (Å²) in [6, 6.07) is 6.27. The van der Waals surface area contributed by atoms with Crippen molar-refractivity contribution in [1.29, 1.82) is 0 Å². The van der Waals surface area contributed by atoms with Crippen LogP contribution in [0.5, 0.6) is 0 Å². The van der Waals surface area contributed by atoms with Gasteiger partial charge in [0.15, 0.2) is 0 Å². The third-order valence-corrected chi connectivity index (χ3v) is 4.01. The fourth-order valence-electron chi connectivity index (χ4n) is 2.00. The lowest BCUT2D eigenvalue weighted by molar-refractivity contribution is 0.582. The molecule has 0 bridgehead atoms. The molecule has 0 aliphatic heterocycles. The normalized spacial score (nSPS) is 11.7. The van der Waals surface area contributed by atoms with Crippen LogP contribution in [0.3, 0.4) is 0 Å². The molecule has 1 heterocycles. The van der Waals surface area contributed by atoms with Crippen molar-refractivity contribution >= 4 is 23.2 Å². The van der Waals surface area contributed by atoms with Gasteiger partial charge in [-0.1, -0.05) is 42.3 Å². The van der Waals surface area contributed by atoms with E-state index in [-0.39, 0.29) is 5.82 Å². The molecule has 0 unspecified atom stereocenters. The maximum atomic E-state index is 13.0. The summed E-state index contributed by atoms with van der Waals surface area (Å²) in [4.78, 5) is 8.70. The molecule has 2 aromatic rings. The minimum atomic E-state index is -0.507. The van der Waals surface area contributed by atoms with E-state index < -0.39 is 5.41 Å². The molecule has 106 valence electrons. The van der Waals surface area contributed by atoms with Gasteiger partial charge in [-0.05, 0) is 38.0 Å². The van der Waals surface area contributed by atoms with Crippen LogP contribution in [0.1, 0.15) is 37.7 Å². The molecule has 0 amide bonds. The minimum absolute atomic E-state index is 0.275. The van der Waals surface area contributed by atoms with Gasteiger partial charge in [0.1, 0.15) is 21.9 Å². The highest BCUT2D eigenvalue weighted by molar-refractivity contribution is 6.34. The van der Waals surface area contributed by atoms with E-state index in [4.69, 9.17) is 23.2 Å². The Hall–Kier alpha value is -1.19. The molecule has 0 radical (unpaired) electrons. The summed E-state index contributed by atoms with van der Waals surface area (Å²) in [5.41, 5.74) is 1.13. The van der Waals surface area contributed by atoms with E-state index in [2.05, 4.69) is 9.97 Å². The molecule has 1 aromatic carbocycles. The standard InChI is InChI=1S/C15H15Cl2FN2/c1-4-11-12(16)19-14(20-13(11)17)15(2,3)9-5-7-10(18)8-6-9/h5-8H,4H2,1-3H3. The smallest absolute Gasteiger partial charge is 0.141 e. The number of hydrogen-bond donors (Lipinski definition) is 0. The third kappa shape index (κ3) is 2.79. The fraction of sp³-hybridized carbons (Fsp3) is 0.333. The van der Waals surface area contributed by atoms with Gasteiger partial charge in [-0.15, -0.1) is 0 Å². The van der Waals surface area contributed by atoms with Crippen molar-refractivity contribution in [3.05, 3.63) is 57.3 Å². The van der Waals surface area contributed by atoms with Crippen molar-refractivity contribution in [3.63, 3.8) is 0 Å². The van der Waals surface area contributed by atoms with Crippen LogP contribution < -0.4 is 0 Å². The first-order valence-corrected chi connectivity index (χ1v) is 7.10. The van der Waals surface area contributed by atoms with E-state index in [9.17, 15) is 4.39 Å². The average Bonchev–Trinajstić information content (AvgIpc) is 2.38. The van der Waals surface area contributed by atoms with Gasteiger partial charge in [-0.25, -0.2) is 14.4 Å². The zero-order valence-electron chi connectivity index (χ0n) is 11.5. The van der Waals surface area contributed by atoms with Crippen LogP contribution in [0.4, 0.5) is 4.39 Å². The van der Waals surface area contributed by atoms with Crippen LogP contribution >= 0.6 is 23.2 Å². The molecule has 0 spiro atoms. The molecule has 0 saturated heterocycles. The van der Waals surface area contributed by atoms with Gasteiger partial charge in [0.05, 0.1) is 0 Å². The molecule has 20 heavy (non-hydrogen) atoms. The van der Waals surface area contributed by atoms with E-state index in [1.165, 1.54) is 12.1 Å². The summed E-state index contributed by atoms with van der Waals surface area (Å²) in [5.74, 6) is 0.249. The van der Waals surface area contributed by atoms with E-state index in [1.807, 2.05) is 20.8 Å². The lowest BCUT2D eigenvalue weighted by Crippen LogP contribution is -2.23. The predicted octanol–water partition coefficient (Wildman–Crippen LogP) is 4.81. The Morgan fingerprint density at radius 3 is 2.00 bits per heavy atom. The van der Waals surface area contributed by atoms with Gasteiger partial charge in [-0.2, -0.15) is 0 Å². The third-order valence-electron chi connectivity index (χ3n) is 3.38. The monoisotopic (exact) mass is 312 g/mol. The Morgan fingerprint density at radius 2 is 1.55 bits per heavy atom. The molecule has 1 aromatic heterocycles. The molecule has 0 atom stereocenters. The highest BCUT2D eigenvalue weighted by Gasteiger charge is 2.28. The summed E-state index contributed by atoms with van der Waals surface area (Å²) >= 11 is 12.3. The van der Waals surface area contributed by atoms with Crippen LogP contribution in [0.2, 0.25) is 10.3 Å². The Labute approximate surface area is 128 Å². The number of nitrogens with zero attached hydrogens (tertiary/aromatic N) is 2. The SMILES string of the molecule is CCc1c(Cl)nc(C(C)(C)c2ccc(F)cc2)nc1Cl. The Balaban J connectivity index is 2.51. The van der Waals surface area contributed by atoms with Crippen LogP contribution in [0, 0.1) is 5.82 Å². The van der Waals surface area contributed by atoms with Gasteiger partial charge in [-0.3, -0.25) is 0 Å². The lowest BCUT2D eigenvalue weighted by Gasteiger charge is -2.24. The molecule has 0 aliphatic rings. The van der Waals surface area contributed by atoms with Crippen molar-refractivity contribution in [2.45, 2.75) is 32.6 Å². The molecule has 0 N–H and O–H groups in total. The highest BCUT2D eigenvalue weighted by Crippen LogP contribution is 2.32. The first-order chi connectivity index (χ1) is 9.36. The summed E-state index contributed by atoms with van der Waals surface area (Å²) in [5, 5.41) is 0.746.